The SMILES string of the molecule is CC(=O)c1cccc2c1OC(N)N2. The van der Waals surface area contributed by atoms with Gasteiger partial charge in [0.15, 0.2) is 11.5 Å². The zero-order chi connectivity index (χ0) is 9.42. The summed E-state index contributed by atoms with van der Waals surface area (Å²) in [5, 5.41) is 2.90. The summed E-state index contributed by atoms with van der Waals surface area (Å²) in [7, 11) is 0. The Balaban J connectivity index is 2.51. The van der Waals surface area contributed by atoms with E-state index in [1.54, 1.807) is 12.1 Å². The normalized spacial score (nSPS) is 18.8. The number of nitrogens with two attached hydrogens (primary N) is 1. The molecule has 1 unspecified atom stereocenters. The van der Waals surface area contributed by atoms with Crippen LogP contribution in [0, 0.1) is 0 Å². The van der Waals surface area contributed by atoms with Crippen LogP contribution in [0.4, 0.5) is 5.69 Å². The zero-order valence-electron chi connectivity index (χ0n) is 7.20. The van der Waals surface area contributed by atoms with Gasteiger partial charge < -0.3 is 10.1 Å². The second-order valence-electron chi connectivity index (χ2n) is 2.92. The summed E-state index contributed by atoms with van der Waals surface area (Å²) in [5.41, 5.74) is 6.85. The van der Waals surface area contributed by atoms with Crippen molar-refractivity contribution in [2.45, 2.75) is 13.3 Å². The number of ketones is 1. The van der Waals surface area contributed by atoms with Crippen molar-refractivity contribution < 1.29 is 9.53 Å². The summed E-state index contributed by atoms with van der Waals surface area (Å²) in [4.78, 5) is 11.2. The van der Waals surface area contributed by atoms with Crippen molar-refractivity contribution >= 4 is 11.5 Å². The minimum Gasteiger partial charge on any atom is -0.455 e. The summed E-state index contributed by atoms with van der Waals surface area (Å²) >= 11 is 0. The third-order valence-electron chi connectivity index (χ3n) is 1.94. The van der Waals surface area contributed by atoms with Crippen LogP contribution >= 0.6 is 0 Å². The number of hydrogen-bond donors (Lipinski definition) is 2. The van der Waals surface area contributed by atoms with Gasteiger partial charge in [-0.1, -0.05) is 6.07 Å². The maximum atomic E-state index is 11.2. The van der Waals surface area contributed by atoms with Crippen molar-refractivity contribution in [3.63, 3.8) is 0 Å². The Labute approximate surface area is 75.7 Å². The second kappa shape index (κ2) is 2.74. The smallest absolute Gasteiger partial charge is 0.225 e. The fourth-order valence-corrected chi connectivity index (χ4v) is 1.36. The van der Waals surface area contributed by atoms with Gasteiger partial charge in [-0.2, -0.15) is 0 Å². The fourth-order valence-electron chi connectivity index (χ4n) is 1.36. The third kappa shape index (κ3) is 1.25. The monoisotopic (exact) mass is 178 g/mol. The molecule has 1 aliphatic heterocycles. The van der Waals surface area contributed by atoms with Crippen LogP contribution in [0.3, 0.4) is 0 Å². The van der Waals surface area contributed by atoms with Crippen LogP contribution in [0.2, 0.25) is 0 Å². The minimum atomic E-state index is -0.546. The summed E-state index contributed by atoms with van der Waals surface area (Å²) in [6.45, 7) is 1.50. The van der Waals surface area contributed by atoms with Crippen molar-refractivity contribution in [2.75, 3.05) is 5.32 Å². The van der Waals surface area contributed by atoms with Crippen LogP contribution in [0.5, 0.6) is 5.75 Å². The molecule has 0 saturated heterocycles. The van der Waals surface area contributed by atoms with Crippen LogP contribution in [-0.2, 0) is 0 Å². The first-order valence-corrected chi connectivity index (χ1v) is 4.01. The van der Waals surface area contributed by atoms with Gasteiger partial charge in [-0.3, -0.25) is 10.5 Å². The summed E-state index contributed by atoms with van der Waals surface area (Å²) in [6, 6.07) is 5.35. The van der Waals surface area contributed by atoms with Crippen molar-refractivity contribution in [3.8, 4) is 5.75 Å². The van der Waals surface area contributed by atoms with Crippen LogP contribution < -0.4 is 15.8 Å². The van der Waals surface area contributed by atoms with E-state index in [2.05, 4.69) is 5.32 Å². The number of rotatable bonds is 1. The van der Waals surface area contributed by atoms with E-state index in [1.807, 2.05) is 6.07 Å². The molecule has 0 spiro atoms. The van der Waals surface area contributed by atoms with E-state index in [9.17, 15) is 4.79 Å². The number of nitrogens with one attached hydrogen (secondary N) is 1. The van der Waals surface area contributed by atoms with Gasteiger partial charge in [-0.25, -0.2) is 0 Å². The molecule has 13 heavy (non-hydrogen) atoms. The van der Waals surface area contributed by atoms with Crippen molar-refractivity contribution in [3.05, 3.63) is 23.8 Å². The fraction of sp³-hybridized carbons (Fsp3) is 0.222. The first-order valence-electron chi connectivity index (χ1n) is 4.01. The molecule has 0 amide bonds. The molecular formula is C9H10N2O2. The van der Waals surface area contributed by atoms with E-state index in [0.717, 1.165) is 5.69 Å². The van der Waals surface area contributed by atoms with Gasteiger partial charge in [0.1, 0.15) is 0 Å². The maximum absolute atomic E-state index is 11.2. The lowest BCUT2D eigenvalue weighted by Crippen LogP contribution is -2.30. The Morgan fingerprint density at radius 1 is 1.62 bits per heavy atom. The number of fused-ring (bicyclic) bond motifs is 1. The van der Waals surface area contributed by atoms with E-state index < -0.39 is 6.35 Å². The van der Waals surface area contributed by atoms with Gasteiger partial charge in [0, 0.05) is 0 Å². The molecule has 1 aromatic carbocycles. The largest absolute Gasteiger partial charge is 0.455 e. The molecule has 0 radical (unpaired) electrons. The number of Topliss-reactive ketones (excluding diaryl/α,β-unsaturated/α-hetero) is 1. The highest BCUT2D eigenvalue weighted by molar-refractivity contribution is 5.99. The Kier molecular flexibility index (Phi) is 1.70. The molecular weight excluding hydrogens is 168 g/mol. The molecule has 0 aliphatic carbocycles. The molecule has 2 rings (SSSR count). The maximum Gasteiger partial charge on any atom is 0.225 e. The van der Waals surface area contributed by atoms with E-state index in [4.69, 9.17) is 10.5 Å². The molecule has 0 bridgehead atoms. The van der Waals surface area contributed by atoms with Crippen molar-refractivity contribution in [1.29, 1.82) is 0 Å². The molecule has 3 N–H and O–H groups in total. The highest BCUT2D eigenvalue weighted by Crippen LogP contribution is 2.34. The van der Waals surface area contributed by atoms with Crippen LogP contribution in [0.15, 0.2) is 18.2 Å². The van der Waals surface area contributed by atoms with Crippen LogP contribution in [0.1, 0.15) is 17.3 Å². The Hall–Kier alpha value is -1.55. The predicted octanol–water partition coefficient (Wildman–Crippen LogP) is 0.936. The first-order chi connectivity index (χ1) is 6.18. The van der Waals surface area contributed by atoms with Crippen LogP contribution in [0.25, 0.3) is 0 Å². The van der Waals surface area contributed by atoms with Gasteiger partial charge in [-0.05, 0) is 19.1 Å². The molecule has 0 saturated carbocycles. The number of carbonyl (C=O) groups is 1. The topological polar surface area (TPSA) is 64.3 Å². The van der Waals surface area contributed by atoms with Gasteiger partial charge >= 0.3 is 0 Å². The Morgan fingerprint density at radius 2 is 2.38 bits per heavy atom. The third-order valence-corrected chi connectivity index (χ3v) is 1.94. The molecule has 0 fully saturated rings. The quantitative estimate of drug-likeness (QED) is 0.628. The summed E-state index contributed by atoms with van der Waals surface area (Å²) in [5.74, 6) is 0.537. The molecule has 4 nitrogen and oxygen atoms in total. The summed E-state index contributed by atoms with van der Waals surface area (Å²) in [6.07, 6.45) is -0.546. The molecule has 0 aromatic heterocycles. The predicted molar refractivity (Wildman–Crippen MR) is 48.7 cm³/mol. The number of para-hydroxylation sites is 1. The lowest BCUT2D eigenvalue weighted by Gasteiger charge is -2.03. The molecule has 1 atom stereocenters. The van der Waals surface area contributed by atoms with Gasteiger partial charge in [0.25, 0.3) is 0 Å². The number of benzene rings is 1. The highest BCUT2D eigenvalue weighted by atomic mass is 16.5. The Morgan fingerprint density at radius 3 is 3.08 bits per heavy atom. The number of carbonyl (C=O) groups excluding carboxylic acids is 1. The molecule has 1 heterocycles. The van der Waals surface area contributed by atoms with Gasteiger partial charge in [0.2, 0.25) is 6.35 Å². The average Bonchev–Trinajstić information content (AvgIpc) is 2.43. The van der Waals surface area contributed by atoms with Crippen molar-refractivity contribution in [1.82, 2.24) is 0 Å². The second-order valence-corrected chi connectivity index (χ2v) is 2.92. The number of anilines is 1. The van der Waals surface area contributed by atoms with Crippen LogP contribution in [-0.4, -0.2) is 12.1 Å². The van der Waals surface area contributed by atoms with E-state index in [1.165, 1.54) is 6.92 Å². The lowest BCUT2D eigenvalue weighted by atomic mass is 10.1. The lowest BCUT2D eigenvalue weighted by molar-refractivity contribution is 0.101. The van der Waals surface area contributed by atoms with E-state index >= 15 is 0 Å². The van der Waals surface area contributed by atoms with E-state index in [0.29, 0.717) is 11.3 Å². The molecule has 4 heteroatoms. The highest BCUT2D eigenvalue weighted by Gasteiger charge is 2.22. The zero-order valence-corrected chi connectivity index (χ0v) is 7.20. The van der Waals surface area contributed by atoms with Gasteiger partial charge in [-0.15, -0.1) is 0 Å². The number of hydrogen-bond acceptors (Lipinski definition) is 4. The number of ether oxygens (including phenoxy) is 1. The Bertz CT molecular complexity index is 363. The van der Waals surface area contributed by atoms with E-state index in [-0.39, 0.29) is 5.78 Å². The molecule has 1 aliphatic rings. The first kappa shape index (κ1) is 8.07. The molecule has 68 valence electrons. The summed E-state index contributed by atoms with van der Waals surface area (Å²) < 4.78 is 5.25. The average molecular weight is 178 g/mol. The van der Waals surface area contributed by atoms with Crippen molar-refractivity contribution in [2.24, 2.45) is 5.73 Å². The molecule has 1 aromatic rings. The van der Waals surface area contributed by atoms with Gasteiger partial charge in [0.05, 0.1) is 11.3 Å². The minimum absolute atomic E-state index is 0.0206. The standard InChI is InChI=1S/C9H10N2O2/c1-5(12)6-3-2-4-7-8(6)13-9(10)11-7/h2-4,9,11H,10H2,1H3.